The van der Waals surface area contributed by atoms with Gasteiger partial charge in [0.25, 0.3) is 10.1 Å². The molecule has 0 aliphatic carbocycles. The van der Waals surface area contributed by atoms with E-state index in [2.05, 4.69) is 166 Å². The molecule has 2 unspecified atom stereocenters. The molecule has 12 rings (SSSR count). The third-order valence-electron chi connectivity index (χ3n) is 17.0. The first kappa shape index (κ1) is 50.1. The van der Waals surface area contributed by atoms with Crippen LogP contribution in [0.4, 0.5) is 22.7 Å². The van der Waals surface area contributed by atoms with Crippen LogP contribution in [0.15, 0.2) is 149 Å². The maximum atomic E-state index is 13.8. The zero-order valence-electron chi connectivity index (χ0n) is 44.5. The number of nitrogens with one attached hydrogen (secondary N) is 2. The molecule has 0 saturated carbocycles. The zero-order chi connectivity index (χ0) is 52.2. The summed E-state index contributed by atoms with van der Waals surface area (Å²) in [5, 5.41) is 5.95. The lowest BCUT2D eigenvalue weighted by Gasteiger charge is -2.47. The van der Waals surface area contributed by atoms with Crippen molar-refractivity contribution >= 4 is 50.2 Å². The molecule has 7 heterocycles. The minimum atomic E-state index is -4.10. The first-order chi connectivity index (χ1) is 36.8. The molecule has 3 N–H and O–H groups in total. The normalized spacial score (nSPS) is 20.1. The lowest BCUT2D eigenvalue weighted by molar-refractivity contribution is -0.443. The summed E-state index contributed by atoms with van der Waals surface area (Å²) in [6.45, 7) is 12.4. The van der Waals surface area contributed by atoms with E-state index in [1.807, 2.05) is 18.2 Å². The monoisotopic (exact) mass is 1030 g/mol. The third kappa shape index (κ3) is 9.85. The Morgan fingerprint density at radius 3 is 2.29 bits per heavy atom. The molecule has 7 aliphatic heterocycles. The van der Waals surface area contributed by atoms with Gasteiger partial charge in [-0.3, -0.25) is 14.8 Å². The van der Waals surface area contributed by atoms with Gasteiger partial charge in [0.1, 0.15) is 0 Å². The number of unbranched alkanes of at least 4 members (excludes halogenated alkanes) is 1. The van der Waals surface area contributed by atoms with Crippen LogP contribution < -0.4 is 20.5 Å². The van der Waals surface area contributed by atoms with Crippen molar-refractivity contribution in [2.45, 2.75) is 110 Å². The predicted molar refractivity (Wildman–Crippen MR) is 306 cm³/mol. The number of aryl methyl sites for hydroxylation is 3. The average molecular weight is 1030 g/mol. The SMILES string of the molecule is CCC(=CC1=[N+](CNC(=O)CCCCNN2C3CC[N+]4=C(Cc5ccc(C)cc54)C3=CC3=C4Cc5ccc(C)cc5N4CCC32)c2cc(C)ccc2C1)C=C1Cc2ccc(-c3ccccc3)cc2N1CCCS(=O)(=O)O. The highest BCUT2D eigenvalue weighted by Gasteiger charge is 2.48. The minimum absolute atomic E-state index is 0.0554. The van der Waals surface area contributed by atoms with Gasteiger partial charge in [0, 0.05) is 103 Å². The number of rotatable bonds is 16. The smallest absolute Gasteiger partial charge is 0.264 e. The summed E-state index contributed by atoms with van der Waals surface area (Å²) in [4.78, 5) is 18.6. The Hall–Kier alpha value is -6.70. The second kappa shape index (κ2) is 20.7. The highest BCUT2D eigenvalue weighted by molar-refractivity contribution is 7.85. The number of anilines is 2. The van der Waals surface area contributed by atoms with Crippen LogP contribution in [-0.2, 0) is 40.6 Å². The number of benzene rings is 5. The summed E-state index contributed by atoms with van der Waals surface area (Å²) in [6, 6.07) is 37.9. The zero-order valence-corrected chi connectivity index (χ0v) is 45.4. The van der Waals surface area contributed by atoms with E-state index >= 15 is 0 Å². The van der Waals surface area contributed by atoms with Gasteiger partial charge in [-0.1, -0.05) is 85.8 Å². The van der Waals surface area contributed by atoms with Gasteiger partial charge >= 0.3 is 0 Å². The van der Waals surface area contributed by atoms with Gasteiger partial charge < -0.3 is 15.1 Å². The second-order valence-corrected chi connectivity index (χ2v) is 23.7. The predicted octanol–water partition coefficient (Wildman–Crippen LogP) is 10.7. The maximum absolute atomic E-state index is 13.8. The van der Waals surface area contributed by atoms with E-state index in [1.54, 1.807) is 0 Å². The third-order valence-corrected chi connectivity index (χ3v) is 17.8. The van der Waals surface area contributed by atoms with Crippen molar-refractivity contribution in [2.24, 2.45) is 0 Å². The van der Waals surface area contributed by atoms with Gasteiger partial charge in [0.05, 0.1) is 30.7 Å². The molecule has 0 saturated heterocycles. The van der Waals surface area contributed by atoms with E-state index in [1.165, 1.54) is 72.9 Å². The van der Waals surface area contributed by atoms with Gasteiger partial charge in [-0.2, -0.15) is 17.6 Å². The van der Waals surface area contributed by atoms with Crippen LogP contribution in [0, 0.1) is 20.8 Å². The van der Waals surface area contributed by atoms with Gasteiger partial charge in [-0.15, -0.1) is 0 Å². The van der Waals surface area contributed by atoms with Gasteiger partial charge in [-0.25, -0.2) is 5.01 Å². The van der Waals surface area contributed by atoms with Crippen molar-refractivity contribution < 1.29 is 26.9 Å². The molecule has 0 spiro atoms. The van der Waals surface area contributed by atoms with Crippen molar-refractivity contribution in [3.8, 4) is 11.1 Å². The molecule has 0 radical (unpaired) electrons. The van der Waals surface area contributed by atoms with E-state index in [4.69, 9.17) is 0 Å². The number of hydrazine groups is 1. The average Bonchev–Trinajstić information content (AvgIpc) is 4.35. The lowest BCUT2D eigenvalue weighted by atomic mass is 9.82. The van der Waals surface area contributed by atoms with Gasteiger partial charge in [0.2, 0.25) is 24.0 Å². The number of fused-ring (bicyclic) bond motifs is 10. The molecule has 11 nitrogen and oxygen atoms in total. The maximum Gasteiger partial charge on any atom is 0.264 e. The summed E-state index contributed by atoms with van der Waals surface area (Å²) >= 11 is 0. The Balaban J connectivity index is 0.735. The van der Waals surface area contributed by atoms with E-state index in [-0.39, 0.29) is 11.7 Å². The van der Waals surface area contributed by atoms with Crippen LogP contribution >= 0.6 is 0 Å². The Morgan fingerprint density at radius 1 is 0.763 bits per heavy atom. The first-order valence-electron chi connectivity index (χ1n) is 27.7. The molecule has 2 atom stereocenters. The van der Waals surface area contributed by atoms with Crippen LogP contribution in [-0.4, -0.2) is 95.1 Å². The Bertz CT molecular complexity index is 3500. The van der Waals surface area contributed by atoms with E-state index in [0.29, 0.717) is 38.1 Å². The highest BCUT2D eigenvalue weighted by atomic mass is 32.2. The van der Waals surface area contributed by atoms with Crippen LogP contribution in [0.3, 0.4) is 0 Å². The van der Waals surface area contributed by atoms with Gasteiger partial charge in [-0.05, 0) is 127 Å². The summed E-state index contributed by atoms with van der Waals surface area (Å²) < 4.78 is 38.2. The van der Waals surface area contributed by atoms with E-state index in [9.17, 15) is 17.8 Å². The molecule has 12 heteroatoms. The molecule has 0 aromatic heterocycles. The fourth-order valence-electron chi connectivity index (χ4n) is 13.2. The number of allylic oxidation sites excluding steroid dienone is 5. The van der Waals surface area contributed by atoms with Crippen LogP contribution in [0.1, 0.15) is 90.8 Å². The summed E-state index contributed by atoms with van der Waals surface area (Å²) in [7, 11) is -4.10. The Labute approximate surface area is 449 Å². The Morgan fingerprint density at radius 2 is 1.50 bits per heavy atom. The standard InChI is InChI=1S/C64H69N7O4S/c1-5-45(33-52-35-49-22-21-47(46-12-7-6-8-13-46)37-61(49)67(52)26-11-29-76(73,74)75)34-53-36-48-18-15-44(4)32-60(48)70(53)41-65-64(72)14-9-10-25-66-71-56-23-27-68-58-30-42(2)16-19-50(58)38-62(68)54(56)40-55-57(71)24-28-69-59-31-43(3)17-20-51(59)39-63(55)69/h6-8,12-13,15-22,30-34,37,40,56-57,66H,5,9-11,14,23-29,35-36,38-39,41H2,1-4H3/p+2. The molecule has 0 bridgehead atoms. The fraction of sp³-hybridized carbons (Fsp3) is 0.359. The summed E-state index contributed by atoms with van der Waals surface area (Å²) in [5.41, 5.74) is 29.5. The number of carbonyl (C=O) groups excluding carboxylic acids is 1. The van der Waals surface area contributed by atoms with E-state index in [0.717, 1.165) is 117 Å². The second-order valence-electron chi connectivity index (χ2n) is 22.1. The topological polar surface area (TPSA) is 111 Å². The van der Waals surface area contributed by atoms with Crippen molar-refractivity contribution in [1.29, 1.82) is 0 Å². The Kier molecular flexibility index (Phi) is 13.6. The number of hydrogen-bond acceptors (Lipinski definition) is 7. The number of nitrogens with zero attached hydrogens (tertiary/aromatic N) is 5. The highest BCUT2D eigenvalue weighted by Crippen LogP contribution is 2.46. The van der Waals surface area contributed by atoms with Gasteiger partial charge in [0.15, 0.2) is 18.0 Å². The largest absolute Gasteiger partial charge is 0.344 e. The molecule has 390 valence electrons. The van der Waals surface area contributed by atoms with Crippen LogP contribution in [0.2, 0.25) is 0 Å². The fourth-order valence-corrected chi connectivity index (χ4v) is 13.7. The molecular weight excluding hydrogens is 963 g/mol. The van der Waals surface area contributed by atoms with Crippen molar-refractivity contribution in [2.75, 3.05) is 48.4 Å². The quantitative estimate of drug-likeness (QED) is 0.0509. The minimum Gasteiger partial charge on any atom is -0.344 e. The number of carbonyl (C=O) groups is 1. The van der Waals surface area contributed by atoms with Crippen LogP contribution in [0.25, 0.3) is 11.1 Å². The molecular formula is C64H71N7O4S+2. The van der Waals surface area contributed by atoms with E-state index < -0.39 is 10.1 Å². The van der Waals surface area contributed by atoms with Crippen molar-refractivity contribution in [3.05, 3.63) is 188 Å². The van der Waals surface area contributed by atoms with Crippen molar-refractivity contribution in [3.63, 3.8) is 0 Å². The first-order valence-corrected chi connectivity index (χ1v) is 29.4. The summed E-state index contributed by atoms with van der Waals surface area (Å²) in [6.07, 6.45) is 15.9. The molecule has 5 aromatic carbocycles. The molecule has 1 amide bonds. The number of amides is 1. The number of hydrogen-bond donors (Lipinski definition) is 3. The van der Waals surface area contributed by atoms with Crippen molar-refractivity contribution in [1.82, 2.24) is 15.8 Å². The molecule has 5 aromatic rings. The van der Waals surface area contributed by atoms with Crippen LogP contribution in [0.5, 0.6) is 0 Å². The molecule has 76 heavy (non-hydrogen) atoms. The molecule has 7 aliphatic rings. The summed E-state index contributed by atoms with van der Waals surface area (Å²) in [5.74, 6) is -0.241. The molecule has 0 fully saturated rings. The lowest BCUT2D eigenvalue weighted by Crippen LogP contribution is -2.60.